The summed E-state index contributed by atoms with van der Waals surface area (Å²) in [6.07, 6.45) is 5.40. The molecule has 23 heavy (non-hydrogen) atoms. The summed E-state index contributed by atoms with van der Waals surface area (Å²) in [5, 5.41) is 14.4. The number of pyridine rings is 1. The Labute approximate surface area is 133 Å². The molecule has 4 heteroatoms. The first kappa shape index (κ1) is 13.4. The van der Waals surface area contributed by atoms with Crippen LogP contribution in [-0.2, 0) is 0 Å². The van der Waals surface area contributed by atoms with Crippen molar-refractivity contribution >= 4 is 22.3 Å². The van der Waals surface area contributed by atoms with E-state index in [1.54, 1.807) is 24.5 Å². The van der Waals surface area contributed by atoms with E-state index >= 15 is 0 Å². The number of anilines is 2. The van der Waals surface area contributed by atoms with Gasteiger partial charge in [0.05, 0.1) is 11.9 Å². The molecular weight excluding hydrogens is 286 g/mol. The highest BCUT2D eigenvalue weighted by Crippen LogP contribution is 2.31. The maximum atomic E-state index is 10.0. The molecule has 4 rings (SSSR count). The van der Waals surface area contributed by atoms with Crippen LogP contribution in [0.4, 0.5) is 11.4 Å². The van der Waals surface area contributed by atoms with E-state index in [1.807, 2.05) is 42.6 Å². The third-order valence-corrected chi connectivity index (χ3v) is 3.75. The van der Waals surface area contributed by atoms with Gasteiger partial charge < -0.3 is 15.4 Å². The minimum atomic E-state index is 0.225. The lowest BCUT2D eigenvalue weighted by Gasteiger charge is -2.10. The first-order valence-corrected chi connectivity index (χ1v) is 7.36. The number of phenols is 1. The first-order chi connectivity index (χ1) is 11.3. The molecule has 0 aliphatic rings. The van der Waals surface area contributed by atoms with Crippen LogP contribution in [0, 0.1) is 0 Å². The van der Waals surface area contributed by atoms with Crippen LogP contribution in [0.3, 0.4) is 0 Å². The summed E-state index contributed by atoms with van der Waals surface area (Å²) in [5.41, 5.74) is 4.82. The van der Waals surface area contributed by atoms with Crippen molar-refractivity contribution in [3.8, 4) is 16.9 Å². The number of aromatic hydroxyl groups is 1. The number of nitrogens with zero attached hydrogens (tertiary/aromatic N) is 1. The monoisotopic (exact) mass is 301 g/mol. The molecule has 2 heterocycles. The van der Waals surface area contributed by atoms with Gasteiger partial charge in [-0.2, -0.15) is 0 Å². The van der Waals surface area contributed by atoms with E-state index in [1.165, 1.54) is 0 Å². The Balaban J connectivity index is 1.73. The van der Waals surface area contributed by atoms with Crippen LogP contribution in [0.1, 0.15) is 0 Å². The summed E-state index contributed by atoms with van der Waals surface area (Å²) in [4.78, 5) is 7.27. The summed E-state index contributed by atoms with van der Waals surface area (Å²) < 4.78 is 0. The first-order valence-electron chi connectivity index (χ1n) is 7.36. The van der Waals surface area contributed by atoms with E-state index in [0.29, 0.717) is 0 Å². The fraction of sp³-hybridized carbons (Fsp3) is 0. The molecule has 0 spiro atoms. The second kappa shape index (κ2) is 5.50. The van der Waals surface area contributed by atoms with Crippen molar-refractivity contribution in [3.05, 3.63) is 73.2 Å². The lowest BCUT2D eigenvalue weighted by Crippen LogP contribution is -1.91. The highest BCUT2D eigenvalue weighted by Gasteiger charge is 2.05. The van der Waals surface area contributed by atoms with Gasteiger partial charge in [-0.1, -0.05) is 6.07 Å². The Morgan fingerprint density at radius 2 is 1.87 bits per heavy atom. The molecule has 2 aromatic heterocycles. The maximum absolute atomic E-state index is 10.0. The minimum absolute atomic E-state index is 0.225. The number of H-pyrrole nitrogens is 1. The van der Waals surface area contributed by atoms with Gasteiger partial charge in [0.15, 0.2) is 0 Å². The standard InChI is InChI=1S/C19H15N3O/c23-18-10-15(13-3-4-19-14(8-13)5-7-21-19)9-17(11-18)22-16-2-1-6-20-12-16/h1-12,21-23H. The highest BCUT2D eigenvalue weighted by atomic mass is 16.3. The summed E-state index contributed by atoms with van der Waals surface area (Å²) >= 11 is 0. The van der Waals surface area contributed by atoms with Gasteiger partial charge in [0.25, 0.3) is 0 Å². The fourth-order valence-electron chi connectivity index (χ4n) is 2.69. The Hall–Kier alpha value is -3.27. The maximum Gasteiger partial charge on any atom is 0.118 e. The number of nitrogens with one attached hydrogen (secondary N) is 2. The molecule has 0 fully saturated rings. The highest BCUT2D eigenvalue weighted by molar-refractivity contribution is 5.86. The van der Waals surface area contributed by atoms with Crippen molar-refractivity contribution in [1.82, 2.24) is 9.97 Å². The van der Waals surface area contributed by atoms with Gasteiger partial charge in [-0.3, -0.25) is 4.98 Å². The van der Waals surface area contributed by atoms with E-state index in [0.717, 1.165) is 33.4 Å². The van der Waals surface area contributed by atoms with Crippen LogP contribution in [0.5, 0.6) is 5.75 Å². The predicted octanol–water partition coefficient (Wildman–Crippen LogP) is 4.68. The molecule has 0 aliphatic heterocycles. The summed E-state index contributed by atoms with van der Waals surface area (Å²) in [6, 6.07) is 17.5. The third kappa shape index (κ3) is 2.74. The number of aromatic nitrogens is 2. The van der Waals surface area contributed by atoms with Gasteiger partial charge in [-0.05, 0) is 59.0 Å². The summed E-state index contributed by atoms with van der Waals surface area (Å²) in [6.45, 7) is 0. The largest absolute Gasteiger partial charge is 0.508 e. The fourth-order valence-corrected chi connectivity index (χ4v) is 2.69. The van der Waals surface area contributed by atoms with Crippen LogP contribution in [0.25, 0.3) is 22.0 Å². The summed E-state index contributed by atoms with van der Waals surface area (Å²) in [5.74, 6) is 0.225. The molecule has 4 aromatic rings. The lowest BCUT2D eigenvalue weighted by atomic mass is 10.0. The van der Waals surface area contributed by atoms with Crippen molar-refractivity contribution < 1.29 is 5.11 Å². The smallest absolute Gasteiger partial charge is 0.118 e. The minimum Gasteiger partial charge on any atom is -0.508 e. The van der Waals surface area contributed by atoms with Crippen molar-refractivity contribution in [2.75, 3.05) is 5.32 Å². The average molecular weight is 301 g/mol. The summed E-state index contributed by atoms with van der Waals surface area (Å²) in [7, 11) is 0. The van der Waals surface area contributed by atoms with E-state index in [2.05, 4.69) is 21.4 Å². The Morgan fingerprint density at radius 1 is 0.913 bits per heavy atom. The van der Waals surface area contributed by atoms with Crippen molar-refractivity contribution in [2.24, 2.45) is 0 Å². The van der Waals surface area contributed by atoms with Crippen LogP contribution < -0.4 is 5.32 Å². The van der Waals surface area contributed by atoms with Crippen LogP contribution >= 0.6 is 0 Å². The average Bonchev–Trinajstić information content (AvgIpc) is 3.03. The normalized spacial score (nSPS) is 10.8. The van der Waals surface area contributed by atoms with Crippen molar-refractivity contribution in [1.29, 1.82) is 0 Å². The third-order valence-electron chi connectivity index (χ3n) is 3.75. The molecule has 3 N–H and O–H groups in total. The number of aromatic amines is 1. The second-order valence-electron chi connectivity index (χ2n) is 5.41. The number of hydrogen-bond donors (Lipinski definition) is 3. The molecule has 0 atom stereocenters. The van der Waals surface area contributed by atoms with E-state index in [9.17, 15) is 5.11 Å². The molecule has 0 saturated carbocycles. The number of phenolic OH excluding ortho intramolecular Hbond substituents is 1. The number of benzene rings is 2. The number of fused-ring (bicyclic) bond motifs is 1. The molecular formula is C19H15N3O. The molecule has 0 unspecified atom stereocenters. The van der Waals surface area contributed by atoms with Crippen LogP contribution in [-0.4, -0.2) is 15.1 Å². The van der Waals surface area contributed by atoms with E-state index < -0.39 is 0 Å². The van der Waals surface area contributed by atoms with E-state index in [4.69, 9.17) is 0 Å². The Bertz CT molecular complexity index is 961. The van der Waals surface area contributed by atoms with E-state index in [-0.39, 0.29) is 5.75 Å². The Morgan fingerprint density at radius 3 is 2.74 bits per heavy atom. The second-order valence-corrected chi connectivity index (χ2v) is 5.41. The van der Waals surface area contributed by atoms with Crippen LogP contribution in [0.2, 0.25) is 0 Å². The van der Waals surface area contributed by atoms with Crippen molar-refractivity contribution in [3.63, 3.8) is 0 Å². The predicted molar refractivity (Wildman–Crippen MR) is 92.9 cm³/mol. The lowest BCUT2D eigenvalue weighted by molar-refractivity contribution is 0.476. The Kier molecular flexibility index (Phi) is 3.20. The zero-order valence-electron chi connectivity index (χ0n) is 12.3. The van der Waals surface area contributed by atoms with Gasteiger partial charge in [0.1, 0.15) is 5.75 Å². The number of hydrogen-bond acceptors (Lipinski definition) is 3. The number of rotatable bonds is 3. The molecule has 4 nitrogen and oxygen atoms in total. The molecule has 0 radical (unpaired) electrons. The topological polar surface area (TPSA) is 60.9 Å². The molecule has 0 saturated heterocycles. The molecule has 112 valence electrons. The van der Waals surface area contributed by atoms with Crippen LogP contribution in [0.15, 0.2) is 73.2 Å². The molecule has 2 aromatic carbocycles. The van der Waals surface area contributed by atoms with Gasteiger partial charge in [0, 0.05) is 29.7 Å². The van der Waals surface area contributed by atoms with Gasteiger partial charge >= 0.3 is 0 Å². The SMILES string of the molecule is Oc1cc(Nc2cccnc2)cc(-c2ccc3[nH]ccc3c2)c1. The van der Waals surface area contributed by atoms with Gasteiger partial charge in [-0.25, -0.2) is 0 Å². The zero-order valence-corrected chi connectivity index (χ0v) is 12.3. The van der Waals surface area contributed by atoms with Gasteiger partial charge in [0.2, 0.25) is 0 Å². The molecule has 0 bridgehead atoms. The quantitative estimate of drug-likeness (QED) is 0.515. The zero-order chi connectivity index (χ0) is 15.6. The van der Waals surface area contributed by atoms with Crippen molar-refractivity contribution in [2.45, 2.75) is 0 Å². The van der Waals surface area contributed by atoms with Gasteiger partial charge in [-0.15, -0.1) is 0 Å². The molecule has 0 aliphatic carbocycles. The molecule has 0 amide bonds.